The SMILES string of the molecule is CC(C)C[C@@H]1CCO[C@@H]2[C@H](CN[C@@H]2C(=O)N[C@@H]2CCC=CCS[C@H]3O[C@H]2[C@H](O)[C@H](O)[C@H]3O)C1.O=CO. The lowest BCUT2D eigenvalue weighted by Crippen LogP contribution is -2.64. The van der Waals surface area contributed by atoms with E-state index in [1.54, 1.807) is 0 Å². The normalized spacial score (nSPS) is 40.8. The summed E-state index contributed by atoms with van der Waals surface area (Å²) in [5, 5.41) is 44.7. The molecule has 11 heteroatoms. The maximum absolute atomic E-state index is 13.4. The fraction of sp³-hybridized carbons (Fsp3) is 0.840. The van der Waals surface area contributed by atoms with Crippen LogP contribution < -0.4 is 10.6 Å². The van der Waals surface area contributed by atoms with Gasteiger partial charge < -0.3 is 40.5 Å². The first-order valence-electron chi connectivity index (χ1n) is 13.0. The average molecular weight is 531 g/mol. The largest absolute Gasteiger partial charge is 0.483 e. The van der Waals surface area contributed by atoms with Crippen LogP contribution in [0.5, 0.6) is 0 Å². The number of carboxylic acid groups (broad SMARTS) is 1. The van der Waals surface area contributed by atoms with Crippen LogP contribution in [0.25, 0.3) is 0 Å². The highest BCUT2D eigenvalue weighted by atomic mass is 32.2. The summed E-state index contributed by atoms with van der Waals surface area (Å²) in [6.07, 6.45) is 3.92. The van der Waals surface area contributed by atoms with Crippen molar-refractivity contribution in [3.8, 4) is 0 Å². The Morgan fingerprint density at radius 2 is 1.92 bits per heavy atom. The van der Waals surface area contributed by atoms with Crippen molar-refractivity contribution < 1.29 is 39.5 Å². The van der Waals surface area contributed by atoms with Gasteiger partial charge in [-0.3, -0.25) is 9.59 Å². The molecule has 2 bridgehead atoms. The maximum Gasteiger partial charge on any atom is 0.290 e. The third-order valence-electron chi connectivity index (χ3n) is 7.45. The average Bonchev–Trinajstić information content (AvgIpc) is 3.12. The number of amides is 1. The Kier molecular flexibility index (Phi) is 11.5. The summed E-state index contributed by atoms with van der Waals surface area (Å²) in [6, 6.07) is -0.930. The lowest BCUT2D eigenvalue weighted by atomic mass is 9.85. The Labute approximate surface area is 217 Å². The van der Waals surface area contributed by atoms with E-state index in [2.05, 4.69) is 30.6 Å². The minimum absolute atomic E-state index is 0.156. The first-order chi connectivity index (χ1) is 17.3. The molecule has 0 saturated carbocycles. The van der Waals surface area contributed by atoms with Crippen LogP contribution in [-0.2, 0) is 19.1 Å². The summed E-state index contributed by atoms with van der Waals surface area (Å²) in [5.41, 5.74) is -0.660. The van der Waals surface area contributed by atoms with Crippen LogP contribution in [0, 0.1) is 17.8 Å². The fourth-order valence-electron chi connectivity index (χ4n) is 5.82. The van der Waals surface area contributed by atoms with Gasteiger partial charge >= 0.3 is 0 Å². The Morgan fingerprint density at radius 3 is 2.64 bits per heavy atom. The monoisotopic (exact) mass is 530 g/mol. The van der Waals surface area contributed by atoms with Gasteiger partial charge in [-0.1, -0.05) is 26.0 Å². The lowest BCUT2D eigenvalue weighted by Gasteiger charge is -2.44. The van der Waals surface area contributed by atoms with Gasteiger partial charge in [0, 0.05) is 18.9 Å². The molecule has 0 aliphatic carbocycles. The molecule has 0 aromatic rings. The van der Waals surface area contributed by atoms with E-state index >= 15 is 0 Å². The van der Waals surface area contributed by atoms with Gasteiger partial charge in [-0.15, -0.1) is 11.8 Å². The third kappa shape index (κ3) is 7.43. The number of ether oxygens (including phenoxy) is 2. The summed E-state index contributed by atoms with van der Waals surface area (Å²) >= 11 is 1.38. The number of carbonyl (C=O) groups is 2. The molecule has 4 heterocycles. The van der Waals surface area contributed by atoms with E-state index in [9.17, 15) is 20.1 Å². The van der Waals surface area contributed by atoms with Crippen molar-refractivity contribution in [3.05, 3.63) is 12.2 Å². The van der Waals surface area contributed by atoms with Crippen molar-refractivity contribution in [2.24, 2.45) is 17.8 Å². The van der Waals surface area contributed by atoms with E-state index in [0.717, 1.165) is 25.8 Å². The van der Waals surface area contributed by atoms with E-state index in [1.807, 2.05) is 6.08 Å². The molecule has 0 radical (unpaired) electrons. The van der Waals surface area contributed by atoms with Crippen molar-refractivity contribution in [1.82, 2.24) is 10.6 Å². The Morgan fingerprint density at radius 1 is 1.17 bits per heavy atom. The van der Waals surface area contributed by atoms with E-state index < -0.39 is 41.9 Å². The number of hydrogen-bond acceptors (Lipinski definition) is 9. The van der Waals surface area contributed by atoms with Crippen molar-refractivity contribution >= 4 is 24.1 Å². The summed E-state index contributed by atoms with van der Waals surface area (Å²) in [7, 11) is 0. The fourth-order valence-corrected chi connectivity index (χ4v) is 6.82. The summed E-state index contributed by atoms with van der Waals surface area (Å²) < 4.78 is 12.2. The van der Waals surface area contributed by atoms with Crippen LogP contribution in [0.4, 0.5) is 0 Å². The van der Waals surface area contributed by atoms with Crippen molar-refractivity contribution in [1.29, 1.82) is 0 Å². The predicted molar refractivity (Wildman–Crippen MR) is 135 cm³/mol. The molecule has 10 nitrogen and oxygen atoms in total. The molecular weight excluding hydrogens is 488 g/mol. The Bertz CT molecular complexity index is 741. The molecule has 3 fully saturated rings. The molecule has 4 rings (SSSR count). The second-order valence-electron chi connectivity index (χ2n) is 10.5. The number of rotatable bonds is 4. The smallest absolute Gasteiger partial charge is 0.290 e. The molecule has 0 aromatic heterocycles. The lowest BCUT2D eigenvalue weighted by molar-refractivity contribution is -0.205. The molecule has 4 aliphatic rings. The molecular formula is C25H42N2O8S. The zero-order valence-electron chi connectivity index (χ0n) is 21.1. The van der Waals surface area contributed by atoms with Gasteiger partial charge in [-0.25, -0.2) is 0 Å². The first-order valence-corrected chi connectivity index (χ1v) is 14.0. The van der Waals surface area contributed by atoms with Crippen LogP contribution in [0.15, 0.2) is 12.2 Å². The number of allylic oxidation sites excluding steroid dienone is 1. The number of fused-ring (bicyclic) bond motifs is 3. The third-order valence-corrected chi connectivity index (χ3v) is 8.55. The van der Waals surface area contributed by atoms with E-state index in [4.69, 9.17) is 19.4 Å². The van der Waals surface area contributed by atoms with E-state index in [0.29, 0.717) is 36.5 Å². The number of nitrogens with one attached hydrogen (secondary N) is 2. The van der Waals surface area contributed by atoms with Gasteiger partial charge in [0.05, 0.1) is 12.1 Å². The highest BCUT2D eigenvalue weighted by molar-refractivity contribution is 7.99. The first kappa shape index (κ1) is 29.3. The van der Waals surface area contributed by atoms with Gasteiger partial charge in [0.25, 0.3) is 6.47 Å². The molecule has 0 unspecified atom stereocenters. The molecule has 6 N–H and O–H groups in total. The number of aliphatic hydroxyl groups is 3. The molecule has 206 valence electrons. The zero-order chi connectivity index (χ0) is 26.2. The number of thioether (sulfide) groups is 1. The van der Waals surface area contributed by atoms with Crippen molar-refractivity contribution in [2.45, 2.75) is 94.0 Å². The van der Waals surface area contributed by atoms with Crippen molar-refractivity contribution in [3.63, 3.8) is 0 Å². The minimum atomic E-state index is -1.32. The zero-order valence-corrected chi connectivity index (χ0v) is 21.9. The molecule has 3 saturated heterocycles. The van der Waals surface area contributed by atoms with Crippen LogP contribution in [0.3, 0.4) is 0 Å². The second-order valence-corrected chi connectivity index (χ2v) is 11.7. The Balaban J connectivity index is 0.00000115. The van der Waals surface area contributed by atoms with Gasteiger partial charge in [0.1, 0.15) is 35.9 Å². The standard InChI is InChI=1S/C24H40N2O6S.CH2O2/c1-13(2)10-14-7-8-31-21-15(11-14)12-25-17(21)23(30)26-16-6-4-3-5-9-33-24-20(29)18(27)19(28)22(16)32-24;2-1-3/h3,5,13-22,24-25,27-29H,4,6-12H2,1-2H3,(H,26,30);1H,(H,2,3)/t14-,15-,16+,17-,18-,19+,20+,21+,22+,24+;/m0./s1. The number of carbonyl (C=O) groups excluding carboxylic acids is 1. The second kappa shape index (κ2) is 14.1. The summed E-state index contributed by atoms with van der Waals surface area (Å²) in [6.45, 7) is 5.69. The van der Waals surface area contributed by atoms with Crippen molar-refractivity contribution in [2.75, 3.05) is 18.9 Å². The van der Waals surface area contributed by atoms with Crippen LogP contribution in [0.1, 0.15) is 46.0 Å². The highest BCUT2D eigenvalue weighted by Gasteiger charge is 2.48. The van der Waals surface area contributed by atoms with E-state index in [1.165, 1.54) is 18.2 Å². The quantitative estimate of drug-likeness (QED) is 0.223. The molecule has 4 aliphatic heterocycles. The molecule has 0 aromatic carbocycles. The Hall–Kier alpha value is -1.21. The topological polar surface area (TPSA) is 158 Å². The van der Waals surface area contributed by atoms with Crippen LogP contribution in [0.2, 0.25) is 0 Å². The van der Waals surface area contributed by atoms with Crippen LogP contribution >= 0.6 is 11.8 Å². The molecule has 10 atom stereocenters. The highest BCUT2D eigenvalue weighted by Crippen LogP contribution is 2.35. The summed E-state index contributed by atoms with van der Waals surface area (Å²) in [4.78, 5) is 21.7. The molecule has 0 spiro atoms. The minimum Gasteiger partial charge on any atom is -0.483 e. The predicted octanol–water partition coefficient (Wildman–Crippen LogP) is 0.492. The van der Waals surface area contributed by atoms with Gasteiger partial charge in [0.15, 0.2) is 0 Å². The van der Waals surface area contributed by atoms with Crippen LogP contribution in [-0.4, -0.2) is 99.7 Å². The van der Waals surface area contributed by atoms with Gasteiger partial charge in [0.2, 0.25) is 5.91 Å². The maximum atomic E-state index is 13.4. The molecule has 1 amide bonds. The number of hydrogen-bond donors (Lipinski definition) is 6. The van der Waals surface area contributed by atoms with Gasteiger partial charge in [-0.2, -0.15) is 0 Å². The summed E-state index contributed by atoms with van der Waals surface area (Å²) in [5.74, 6) is 2.09. The number of aliphatic hydroxyl groups excluding tert-OH is 3. The molecule has 36 heavy (non-hydrogen) atoms. The van der Waals surface area contributed by atoms with E-state index in [-0.39, 0.29) is 18.5 Å². The van der Waals surface area contributed by atoms with Gasteiger partial charge in [-0.05, 0) is 49.9 Å².